The summed E-state index contributed by atoms with van der Waals surface area (Å²) in [6.07, 6.45) is -3.82. The summed E-state index contributed by atoms with van der Waals surface area (Å²) in [5.41, 5.74) is -0.175. The number of alkyl halides is 3. The maximum absolute atomic E-state index is 12.7. The van der Waals surface area contributed by atoms with Gasteiger partial charge >= 0.3 is 6.18 Å². The molecular formula is C11H12BrF3. The molecular weight excluding hydrogens is 269 g/mol. The maximum Gasteiger partial charge on any atom is 0.416 e. The molecule has 1 aromatic carbocycles. The van der Waals surface area contributed by atoms with Crippen molar-refractivity contribution in [2.45, 2.75) is 26.4 Å². The van der Waals surface area contributed by atoms with Gasteiger partial charge in [0, 0.05) is 4.47 Å². The molecule has 0 fully saturated rings. The van der Waals surface area contributed by atoms with Gasteiger partial charge in [0.05, 0.1) is 5.56 Å². The summed E-state index contributed by atoms with van der Waals surface area (Å²) in [6.45, 7) is 3.81. The zero-order valence-corrected chi connectivity index (χ0v) is 10.1. The molecule has 0 unspecified atom stereocenters. The van der Waals surface area contributed by atoms with Gasteiger partial charge in [0.2, 0.25) is 0 Å². The molecule has 0 saturated carbocycles. The summed E-state index contributed by atoms with van der Waals surface area (Å²) in [7, 11) is 0. The highest BCUT2D eigenvalue weighted by Crippen LogP contribution is 2.34. The van der Waals surface area contributed by atoms with Crippen molar-refractivity contribution in [3.05, 3.63) is 33.8 Å². The minimum absolute atomic E-state index is 0.215. The number of rotatable bonds is 2. The van der Waals surface area contributed by atoms with Crippen LogP contribution in [0.25, 0.3) is 0 Å². The Kier molecular flexibility index (Phi) is 3.82. The van der Waals surface area contributed by atoms with Gasteiger partial charge < -0.3 is 0 Å². The predicted molar refractivity (Wildman–Crippen MR) is 57.7 cm³/mol. The quantitative estimate of drug-likeness (QED) is 0.739. The number of hydrogen-bond acceptors (Lipinski definition) is 0. The second kappa shape index (κ2) is 4.56. The molecule has 0 aromatic heterocycles. The highest BCUT2D eigenvalue weighted by molar-refractivity contribution is 9.10. The lowest BCUT2D eigenvalue weighted by Crippen LogP contribution is -2.10. The number of benzene rings is 1. The zero-order chi connectivity index (χ0) is 11.6. The van der Waals surface area contributed by atoms with Crippen LogP contribution in [0.2, 0.25) is 0 Å². The number of halogens is 4. The Morgan fingerprint density at radius 1 is 1.27 bits per heavy atom. The molecule has 1 rings (SSSR count). The van der Waals surface area contributed by atoms with Crippen molar-refractivity contribution in [1.29, 1.82) is 0 Å². The van der Waals surface area contributed by atoms with E-state index in [2.05, 4.69) is 15.9 Å². The fraction of sp³-hybridized carbons (Fsp3) is 0.455. The summed E-state index contributed by atoms with van der Waals surface area (Å²) in [4.78, 5) is 0. The van der Waals surface area contributed by atoms with Crippen LogP contribution >= 0.6 is 15.9 Å². The van der Waals surface area contributed by atoms with Crippen LogP contribution in [0.5, 0.6) is 0 Å². The second-order valence-corrected chi connectivity index (χ2v) is 4.81. The first kappa shape index (κ1) is 12.6. The average Bonchev–Trinajstić information content (AvgIpc) is 2.05. The van der Waals surface area contributed by atoms with E-state index >= 15 is 0 Å². The predicted octanol–water partition coefficient (Wildman–Crippen LogP) is 4.67. The van der Waals surface area contributed by atoms with Gasteiger partial charge in [-0.05, 0) is 30.0 Å². The lowest BCUT2D eigenvalue weighted by atomic mass is 9.98. The summed E-state index contributed by atoms with van der Waals surface area (Å²) < 4.78 is 38.4. The normalized spacial score (nSPS) is 12.2. The second-order valence-electron chi connectivity index (χ2n) is 3.90. The monoisotopic (exact) mass is 280 g/mol. The SMILES string of the molecule is CC(C)Cc1ccc(Br)cc1C(F)(F)F. The third-order valence-electron chi connectivity index (χ3n) is 2.01. The van der Waals surface area contributed by atoms with Crippen LogP contribution in [-0.4, -0.2) is 0 Å². The first-order chi connectivity index (χ1) is 6.80. The summed E-state index contributed by atoms with van der Waals surface area (Å²) in [5, 5.41) is 0. The van der Waals surface area contributed by atoms with E-state index in [1.54, 1.807) is 6.07 Å². The van der Waals surface area contributed by atoms with E-state index in [-0.39, 0.29) is 5.92 Å². The van der Waals surface area contributed by atoms with Gasteiger partial charge in [0.15, 0.2) is 0 Å². The standard InChI is InChI=1S/C11H12BrF3/c1-7(2)5-8-3-4-9(12)6-10(8)11(13,14)15/h3-4,6-7H,5H2,1-2H3. The Hall–Kier alpha value is -0.510. The van der Waals surface area contributed by atoms with Crippen LogP contribution in [0.1, 0.15) is 25.0 Å². The third kappa shape index (κ3) is 3.52. The molecule has 0 spiro atoms. The van der Waals surface area contributed by atoms with E-state index < -0.39 is 11.7 Å². The molecule has 0 aliphatic carbocycles. The lowest BCUT2D eigenvalue weighted by Gasteiger charge is -2.14. The minimum atomic E-state index is -4.27. The molecule has 0 atom stereocenters. The lowest BCUT2D eigenvalue weighted by molar-refractivity contribution is -0.138. The minimum Gasteiger partial charge on any atom is -0.166 e. The van der Waals surface area contributed by atoms with Gasteiger partial charge in [-0.3, -0.25) is 0 Å². The van der Waals surface area contributed by atoms with E-state index in [1.807, 2.05) is 13.8 Å². The molecule has 0 heterocycles. The first-order valence-corrected chi connectivity index (χ1v) is 5.45. The molecule has 0 bridgehead atoms. The van der Waals surface area contributed by atoms with E-state index in [9.17, 15) is 13.2 Å². The first-order valence-electron chi connectivity index (χ1n) is 4.66. The molecule has 1 aromatic rings. The highest BCUT2D eigenvalue weighted by atomic mass is 79.9. The van der Waals surface area contributed by atoms with Gasteiger partial charge in [0.25, 0.3) is 0 Å². The summed E-state index contributed by atoms with van der Waals surface area (Å²) in [6, 6.07) is 4.32. The van der Waals surface area contributed by atoms with Crippen LogP contribution in [0.4, 0.5) is 13.2 Å². The fourth-order valence-corrected chi connectivity index (χ4v) is 1.79. The van der Waals surface area contributed by atoms with Gasteiger partial charge in [-0.15, -0.1) is 0 Å². The Morgan fingerprint density at radius 2 is 1.87 bits per heavy atom. The number of hydrogen-bond donors (Lipinski definition) is 0. The van der Waals surface area contributed by atoms with Crippen LogP contribution in [-0.2, 0) is 12.6 Å². The maximum atomic E-state index is 12.7. The Balaban J connectivity index is 3.15. The van der Waals surface area contributed by atoms with Gasteiger partial charge in [-0.25, -0.2) is 0 Å². The molecule has 84 valence electrons. The van der Waals surface area contributed by atoms with E-state index in [0.717, 1.165) is 6.07 Å². The van der Waals surface area contributed by atoms with Gasteiger partial charge in [-0.1, -0.05) is 35.8 Å². The fourth-order valence-electron chi connectivity index (χ4n) is 1.43. The van der Waals surface area contributed by atoms with Crippen molar-refractivity contribution in [3.63, 3.8) is 0 Å². The summed E-state index contributed by atoms with van der Waals surface area (Å²) >= 11 is 3.05. The van der Waals surface area contributed by atoms with Crippen molar-refractivity contribution in [3.8, 4) is 0 Å². The van der Waals surface area contributed by atoms with Crippen molar-refractivity contribution in [2.24, 2.45) is 5.92 Å². The van der Waals surface area contributed by atoms with E-state index in [0.29, 0.717) is 16.5 Å². The van der Waals surface area contributed by atoms with Crippen molar-refractivity contribution >= 4 is 15.9 Å². The molecule has 0 aliphatic heterocycles. The Morgan fingerprint density at radius 3 is 2.33 bits per heavy atom. The molecule has 0 amide bonds. The Bertz CT molecular complexity index is 342. The molecule has 0 saturated heterocycles. The largest absolute Gasteiger partial charge is 0.416 e. The molecule has 0 aliphatic rings. The molecule has 0 radical (unpaired) electrons. The van der Waals surface area contributed by atoms with Crippen molar-refractivity contribution < 1.29 is 13.2 Å². The Labute approximate surface area is 95.6 Å². The van der Waals surface area contributed by atoms with Crippen LogP contribution in [0, 0.1) is 5.92 Å². The van der Waals surface area contributed by atoms with Crippen LogP contribution < -0.4 is 0 Å². The van der Waals surface area contributed by atoms with Gasteiger partial charge in [-0.2, -0.15) is 13.2 Å². The van der Waals surface area contributed by atoms with E-state index in [4.69, 9.17) is 0 Å². The smallest absolute Gasteiger partial charge is 0.166 e. The average molecular weight is 281 g/mol. The third-order valence-corrected chi connectivity index (χ3v) is 2.50. The van der Waals surface area contributed by atoms with Crippen molar-refractivity contribution in [2.75, 3.05) is 0 Å². The molecule has 4 heteroatoms. The zero-order valence-electron chi connectivity index (χ0n) is 8.53. The molecule has 0 nitrogen and oxygen atoms in total. The molecule has 0 N–H and O–H groups in total. The van der Waals surface area contributed by atoms with E-state index in [1.165, 1.54) is 6.07 Å². The molecule has 15 heavy (non-hydrogen) atoms. The highest BCUT2D eigenvalue weighted by Gasteiger charge is 2.33. The van der Waals surface area contributed by atoms with Crippen molar-refractivity contribution in [1.82, 2.24) is 0 Å². The topological polar surface area (TPSA) is 0 Å². The summed E-state index contributed by atoms with van der Waals surface area (Å²) in [5.74, 6) is 0.215. The van der Waals surface area contributed by atoms with Crippen LogP contribution in [0.15, 0.2) is 22.7 Å². The van der Waals surface area contributed by atoms with Crippen LogP contribution in [0.3, 0.4) is 0 Å². The van der Waals surface area contributed by atoms with Gasteiger partial charge in [0.1, 0.15) is 0 Å².